The van der Waals surface area contributed by atoms with E-state index in [9.17, 15) is 13.6 Å². The van der Waals surface area contributed by atoms with Gasteiger partial charge in [-0.2, -0.15) is 10.1 Å². The first kappa shape index (κ1) is 15.6. The fraction of sp³-hybridized carbons (Fsp3) is 0.571. The maximum absolute atomic E-state index is 13.8. The first-order valence-electron chi connectivity index (χ1n) is 7.24. The second kappa shape index (κ2) is 5.39. The van der Waals surface area contributed by atoms with Crippen molar-refractivity contribution < 1.29 is 18.1 Å². The lowest BCUT2D eigenvalue weighted by atomic mass is 10.2. The molecule has 0 N–H and O–H groups in total. The molecular weight excluding hydrogens is 308 g/mol. The van der Waals surface area contributed by atoms with Crippen LogP contribution in [0.5, 0.6) is 0 Å². The van der Waals surface area contributed by atoms with Crippen LogP contribution in [-0.2, 0) is 11.3 Å². The fourth-order valence-corrected chi connectivity index (χ4v) is 2.80. The van der Waals surface area contributed by atoms with Crippen molar-refractivity contribution >= 4 is 5.91 Å². The Morgan fingerprint density at radius 3 is 2.74 bits per heavy atom. The topological polar surface area (TPSA) is 77.0 Å². The summed E-state index contributed by atoms with van der Waals surface area (Å²) in [5, 5.41) is 7.81. The van der Waals surface area contributed by atoms with Crippen molar-refractivity contribution in [3.8, 4) is 0 Å². The van der Waals surface area contributed by atoms with Crippen LogP contribution in [0.25, 0.3) is 0 Å². The first-order chi connectivity index (χ1) is 10.7. The number of hydrogen-bond donors (Lipinski definition) is 0. The van der Waals surface area contributed by atoms with E-state index < -0.39 is 30.8 Å². The molecule has 1 saturated heterocycles. The zero-order valence-electron chi connectivity index (χ0n) is 13.1. The van der Waals surface area contributed by atoms with Gasteiger partial charge in [0.1, 0.15) is 12.6 Å². The minimum Gasteiger partial charge on any atom is -0.337 e. The van der Waals surface area contributed by atoms with Crippen LogP contribution in [0.4, 0.5) is 8.78 Å². The summed E-state index contributed by atoms with van der Waals surface area (Å²) in [6, 6.07) is 0.917. The van der Waals surface area contributed by atoms with Crippen LogP contribution in [0.2, 0.25) is 0 Å². The molecule has 9 heteroatoms. The summed E-state index contributed by atoms with van der Waals surface area (Å²) in [6.45, 7) is 4.46. The maximum atomic E-state index is 13.8. The monoisotopic (exact) mass is 325 g/mol. The molecule has 0 radical (unpaired) electrons. The third-order valence-electron chi connectivity index (χ3n) is 3.81. The van der Waals surface area contributed by atoms with Gasteiger partial charge in [-0.1, -0.05) is 5.16 Å². The fourth-order valence-electron chi connectivity index (χ4n) is 2.80. The van der Waals surface area contributed by atoms with Crippen molar-refractivity contribution in [2.75, 3.05) is 6.54 Å². The molecule has 1 aliphatic rings. The first-order valence-corrected chi connectivity index (χ1v) is 7.24. The molecule has 0 spiro atoms. The van der Waals surface area contributed by atoms with E-state index >= 15 is 0 Å². The zero-order valence-corrected chi connectivity index (χ0v) is 13.1. The molecule has 1 amide bonds. The quantitative estimate of drug-likeness (QED) is 0.860. The second-order valence-corrected chi connectivity index (χ2v) is 5.86. The van der Waals surface area contributed by atoms with Gasteiger partial charge in [-0.25, -0.2) is 8.78 Å². The molecule has 1 fully saturated rings. The smallest absolute Gasteiger partial charge is 0.267 e. The molecule has 23 heavy (non-hydrogen) atoms. The molecule has 2 aromatic heterocycles. The third kappa shape index (κ3) is 3.08. The van der Waals surface area contributed by atoms with Crippen molar-refractivity contribution in [1.82, 2.24) is 24.8 Å². The highest BCUT2D eigenvalue weighted by molar-refractivity contribution is 5.77. The second-order valence-electron chi connectivity index (χ2n) is 5.86. The van der Waals surface area contributed by atoms with E-state index in [0.29, 0.717) is 5.82 Å². The highest BCUT2D eigenvalue weighted by Gasteiger charge is 2.49. The Morgan fingerprint density at radius 2 is 2.17 bits per heavy atom. The highest BCUT2D eigenvalue weighted by Crippen LogP contribution is 2.40. The van der Waals surface area contributed by atoms with Crippen LogP contribution >= 0.6 is 0 Å². The van der Waals surface area contributed by atoms with E-state index in [1.54, 1.807) is 6.92 Å². The van der Waals surface area contributed by atoms with Crippen molar-refractivity contribution in [3.63, 3.8) is 0 Å². The van der Waals surface area contributed by atoms with Gasteiger partial charge in [-0.05, 0) is 26.8 Å². The van der Waals surface area contributed by atoms with Crippen LogP contribution in [-0.4, -0.2) is 43.2 Å². The predicted octanol–water partition coefficient (Wildman–Crippen LogP) is 1.80. The predicted molar refractivity (Wildman–Crippen MR) is 74.8 cm³/mol. The number of likely N-dealkylation sites (tertiary alicyclic amines) is 1. The van der Waals surface area contributed by atoms with Gasteiger partial charge in [0.25, 0.3) is 5.92 Å². The van der Waals surface area contributed by atoms with Gasteiger partial charge in [0.05, 0.1) is 12.2 Å². The number of alkyl halides is 2. The summed E-state index contributed by atoms with van der Waals surface area (Å²) in [5.74, 6) is -3.03. The zero-order chi connectivity index (χ0) is 16.8. The lowest BCUT2D eigenvalue weighted by molar-refractivity contribution is -0.134. The van der Waals surface area contributed by atoms with Gasteiger partial charge in [-0.15, -0.1) is 0 Å². The molecule has 124 valence electrons. The van der Waals surface area contributed by atoms with E-state index in [0.717, 1.165) is 16.3 Å². The number of aromatic nitrogens is 4. The number of carbonyl (C=O) groups is 1. The van der Waals surface area contributed by atoms with Gasteiger partial charge in [-0.3, -0.25) is 9.48 Å². The summed E-state index contributed by atoms with van der Waals surface area (Å²) in [4.78, 5) is 17.6. The number of halogens is 2. The molecule has 0 bridgehead atoms. The summed E-state index contributed by atoms with van der Waals surface area (Å²) >= 11 is 0. The number of amides is 1. The van der Waals surface area contributed by atoms with Gasteiger partial charge >= 0.3 is 0 Å². The Balaban J connectivity index is 1.83. The molecule has 3 heterocycles. The maximum Gasteiger partial charge on any atom is 0.267 e. The largest absolute Gasteiger partial charge is 0.337 e. The molecular formula is C14H17F2N5O2. The van der Waals surface area contributed by atoms with Crippen LogP contribution in [0, 0.1) is 20.8 Å². The Hall–Kier alpha value is -2.32. The van der Waals surface area contributed by atoms with Crippen LogP contribution in [0.15, 0.2) is 10.6 Å². The lowest BCUT2D eigenvalue weighted by Gasteiger charge is -2.21. The third-order valence-corrected chi connectivity index (χ3v) is 3.81. The minimum absolute atomic E-state index is 0.0430. The molecule has 1 aliphatic heterocycles. The Kier molecular flexibility index (Phi) is 3.65. The van der Waals surface area contributed by atoms with E-state index in [1.165, 1.54) is 4.68 Å². The number of nitrogens with zero attached hydrogens (tertiary/aromatic N) is 5. The Morgan fingerprint density at radius 1 is 1.43 bits per heavy atom. The molecule has 0 aliphatic carbocycles. The average molecular weight is 325 g/mol. The van der Waals surface area contributed by atoms with Crippen molar-refractivity contribution in [1.29, 1.82) is 0 Å². The molecule has 1 atom stereocenters. The van der Waals surface area contributed by atoms with Crippen LogP contribution in [0.1, 0.15) is 35.6 Å². The van der Waals surface area contributed by atoms with E-state index in [2.05, 4.69) is 15.2 Å². The van der Waals surface area contributed by atoms with Gasteiger partial charge in [0, 0.05) is 12.1 Å². The number of rotatable bonds is 3. The lowest BCUT2D eigenvalue weighted by Crippen LogP contribution is -2.36. The molecule has 0 saturated carbocycles. The average Bonchev–Trinajstić information content (AvgIpc) is 3.08. The molecule has 0 unspecified atom stereocenters. The minimum atomic E-state index is -2.97. The van der Waals surface area contributed by atoms with Crippen molar-refractivity contribution in [3.05, 3.63) is 29.2 Å². The highest BCUT2D eigenvalue weighted by atomic mass is 19.3. The molecule has 0 aromatic carbocycles. The molecule has 7 nitrogen and oxygen atoms in total. The van der Waals surface area contributed by atoms with Gasteiger partial charge in [0.15, 0.2) is 5.82 Å². The molecule has 2 aromatic rings. The van der Waals surface area contributed by atoms with Crippen LogP contribution in [0.3, 0.4) is 0 Å². The van der Waals surface area contributed by atoms with Gasteiger partial charge in [0.2, 0.25) is 11.8 Å². The normalized spacial score (nSPS) is 20.2. The summed E-state index contributed by atoms with van der Waals surface area (Å²) in [7, 11) is 0. The van der Waals surface area contributed by atoms with E-state index in [4.69, 9.17) is 4.52 Å². The Labute approximate surface area is 131 Å². The summed E-state index contributed by atoms with van der Waals surface area (Å²) in [6.07, 6.45) is -0.516. The van der Waals surface area contributed by atoms with Crippen molar-refractivity contribution in [2.24, 2.45) is 0 Å². The SMILES string of the molecule is Cc1cc(C)n(CC(=O)N2CC(F)(F)C[C@H]2c2nc(C)no2)n1. The number of carbonyl (C=O) groups excluding carboxylic acids is 1. The van der Waals surface area contributed by atoms with Crippen molar-refractivity contribution in [2.45, 2.75) is 45.7 Å². The van der Waals surface area contributed by atoms with E-state index in [1.807, 2.05) is 19.9 Å². The molecule has 3 rings (SSSR count). The van der Waals surface area contributed by atoms with E-state index in [-0.39, 0.29) is 12.4 Å². The Bertz CT molecular complexity index is 739. The number of hydrogen-bond acceptors (Lipinski definition) is 5. The number of aryl methyl sites for hydroxylation is 3. The van der Waals surface area contributed by atoms with Crippen LogP contribution < -0.4 is 0 Å². The summed E-state index contributed by atoms with van der Waals surface area (Å²) in [5.41, 5.74) is 1.57. The van der Waals surface area contributed by atoms with Gasteiger partial charge < -0.3 is 9.42 Å². The summed E-state index contributed by atoms with van der Waals surface area (Å²) < 4.78 is 34.1. The standard InChI is InChI=1S/C14H17F2N5O2/c1-8-4-9(2)21(18-8)6-12(22)20-7-14(15,16)5-11(20)13-17-10(3)19-23-13/h4,11H,5-7H2,1-3H3/t11-/m0/s1.